The van der Waals surface area contributed by atoms with Gasteiger partial charge in [0.25, 0.3) is 5.91 Å². The fraction of sp³-hybridized carbons (Fsp3) is 0.531. The van der Waals surface area contributed by atoms with Crippen molar-refractivity contribution < 1.29 is 24.0 Å². The minimum Gasteiger partial charge on any atom is -0.491 e. The van der Waals surface area contributed by atoms with E-state index in [4.69, 9.17) is 16.3 Å². The monoisotopic (exact) mass is 600 g/mol. The minimum atomic E-state index is -2.08. The van der Waals surface area contributed by atoms with Gasteiger partial charge in [0.05, 0.1) is 17.9 Å². The number of amides is 1. The number of halogens is 1. The maximum absolute atomic E-state index is 13.2. The van der Waals surface area contributed by atoms with Gasteiger partial charge in [-0.1, -0.05) is 36.7 Å². The molecule has 2 aliphatic heterocycles. The Bertz CT molecular complexity index is 1370. The summed E-state index contributed by atoms with van der Waals surface area (Å²) in [5, 5.41) is 22.4. The number of allylic oxidation sites excluding steroid dienone is 1. The van der Waals surface area contributed by atoms with Crippen LogP contribution in [0.4, 0.5) is 5.69 Å². The highest BCUT2D eigenvalue weighted by atomic mass is 35.5. The third-order valence-electron chi connectivity index (χ3n) is 8.82. The second-order valence-corrected chi connectivity index (χ2v) is 13.6. The molecular formula is C32H41ClN2O5S. The lowest BCUT2D eigenvalue weighted by molar-refractivity contribution is -0.0582. The Hall–Kier alpha value is -2.39. The van der Waals surface area contributed by atoms with Crippen LogP contribution < -0.4 is 9.64 Å². The number of carbonyl (C=O) groups excluding carboxylic acids is 1. The van der Waals surface area contributed by atoms with Crippen molar-refractivity contribution in [1.82, 2.24) is 0 Å². The molecule has 9 heteroatoms. The van der Waals surface area contributed by atoms with Crippen molar-refractivity contribution in [2.45, 2.75) is 64.0 Å². The van der Waals surface area contributed by atoms with Crippen molar-refractivity contribution in [1.29, 1.82) is 0 Å². The smallest absolute Gasteiger partial charge is 0.284 e. The molecule has 0 spiro atoms. The van der Waals surface area contributed by atoms with E-state index in [9.17, 15) is 19.2 Å². The molecule has 0 aromatic heterocycles. The van der Waals surface area contributed by atoms with Crippen LogP contribution in [0.25, 0.3) is 0 Å². The van der Waals surface area contributed by atoms with Crippen LogP contribution in [0.3, 0.4) is 0 Å². The number of hydrogen-bond acceptors (Lipinski definition) is 6. The topological polar surface area (TPSA) is 99.4 Å². The van der Waals surface area contributed by atoms with E-state index in [2.05, 4.69) is 15.3 Å². The van der Waals surface area contributed by atoms with E-state index >= 15 is 0 Å². The highest BCUT2D eigenvalue weighted by Crippen LogP contribution is 2.46. The average Bonchev–Trinajstić information content (AvgIpc) is 2.93. The second-order valence-electron chi connectivity index (χ2n) is 11.9. The number of aliphatic hydroxyl groups is 2. The lowest BCUT2D eigenvalue weighted by Gasteiger charge is -2.48. The van der Waals surface area contributed by atoms with Gasteiger partial charge in [0.2, 0.25) is 0 Å². The van der Waals surface area contributed by atoms with Crippen LogP contribution in [0, 0.1) is 17.8 Å². The zero-order valence-corrected chi connectivity index (χ0v) is 25.3. The molecule has 1 amide bonds. The van der Waals surface area contributed by atoms with E-state index in [1.165, 1.54) is 5.56 Å². The van der Waals surface area contributed by atoms with Crippen LogP contribution in [0.2, 0.25) is 5.02 Å². The lowest BCUT2D eigenvalue weighted by atomic mass is 9.63. The SMILES string of the molecule is C[C@H]1C/C=C/C(O)(CCO)[C@@H]2CC[C@H]2CN2Cc3ccc(Cl)cc3CCCCOc3ccc(cc32)C(=O)/N=[SH](=O)\C1. The summed E-state index contributed by atoms with van der Waals surface area (Å²) in [6.07, 6.45) is 9.22. The van der Waals surface area contributed by atoms with Gasteiger partial charge in [0.1, 0.15) is 5.75 Å². The fourth-order valence-corrected chi connectivity index (χ4v) is 7.68. The Morgan fingerprint density at radius 3 is 2.80 bits per heavy atom. The van der Waals surface area contributed by atoms with Gasteiger partial charge in [-0.05, 0) is 97.7 Å². The van der Waals surface area contributed by atoms with Gasteiger partial charge >= 0.3 is 0 Å². The molecule has 3 aliphatic rings. The molecule has 41 heavy (non-hydrogen) atoms. The summed E-state index contributed by atoms with van der Waals surface area (Å²) in [7, 11) is -2.08. The summed E-state index contributed by atoms with van der Waals surface area (Å²) in [5.74, 6) is 0.685. The van der Waals surface area contributed by atoms with E-state index in [0.717, 1.165) is 43.4 Å². The van der Waals surface area contributed by atoms with Crippen LogP contribution in [0.1, 0.15) is 66.9 Å². The van der Waals surface area contributed by atoms with Crippen LogP contribution >= 0.6 is 11.6 Å². The molecule has 222 valence electrons. The first kappa shape index (κ1) is 30.1. The number of aliphatic hydroxyl groups excluding tert-OH is 1. The molecule has 2 N–H and O–H groups in total. The van der Waals surface area contributed by atoms with Crippen LogP contribution in [0.15, 0.2) is 52.9 Å². The molecule has 1 aliphatic carbocycles. The Kier molecular flexibility index (Phi) is 9.74. The van der Waals surface area contributed by atoms with Crippen LogP contribution in [-0.4, -0.2) is 51.4 Å². The molecule has 1 saturated carbocycles. The summed E-state index contributed by atoms with van der Waals surface area (Å²) >= 11 is 6.40. The highest BCUT2D eigenvalue weighted by Gasteiger charge is 2.45. The summed E-state index contributed by atoms with van der Waals surface area (Å²) in [5.41, 5.74) is 2.41. The molecule has 2 aromatic carbocycles. The Morgan fingerprint density at radius 2 is 2.02 bits per heavy atom. The van der Waals surface area contributed by atoms with E-state index in [-0.39, 0.29) is 36.5 Å². The van der Waals surface area contributed by atoms with Crippen molar-refractivity contribution in [3.8, 4) is 5.75 Å². The van der Waals surface area contributed by atoms with E-state index in [1.54, 1.807) is 6.07 Å². The Morgan fingerprint density at radius 1 is 1.17 bits per heavy atom. The Labute approximate surface area is 249 Å². The molecule has 2 heterocycles. The van der Waals surface area contributed by atoms with Gasteiger partial charge in [-0.3, -0.25) is 9.00 Å². The average molecular weight is 601 g/mol. The number of rotatable bonds is 2. The summed E-state index contributed by atoms with van der Waals surface area (Å²) in [6.45, 7) is 3.64. The predicted octanol–water partition coefficient (Wildman–Crippen LogP) is 5.60. The number of benzene rings is 2. The van der Waals surface area contributed by atoms with Crippen molar-refractivity contribution in [2.24, 2.45) is 22.1 Å². The van der Waals surface area contributed by atoms with Crippen molar-refractivity contribution >= 4 is 33.8 Å². The second kappa shape index (κ2) is 13.3. The number of ether oxygens (including phenoxy) is 1. The maximum atomic E-state index is 13.2. The minimum absolute atomic E-state index is 0.0159. The van der Waals surface area contributed by atoms with Gasteiger partial charge in [-0.25, -0.2) is 0 Å². The quantitative estimate of drug-likeness (QED) is 0.306. The van der Waals surface area contributed by atoms with Crippen LogP contribution in [-0.2, 0) is 23.6 Å². The summed E-state index contributed by atoms with van der Waals surface area (Å²) in [4.78, 5) is 15.4. The standard InChI is InChI=1S/C32H41ClN2O5S/c1-22-5-4-13-32(38,14-15-36)28-11-8-26(28)20-35-19-25-7-10-27(33)17-23(25)6-2-3-16-40-30-12-9-24(18-29(30)35)31(37)34-41(39)21-22/h4,7,9-10,12-13,17-18,22,26,28,36,38,41H,2-3,5-6,8,11,14-16,19-21H2,1H3/b13-4+/t22-,26-,28+,32?/m0/s1. The third-order valence-corrected chi connectivity index (χ3v) is 10.4. The first-order valence-electron chi connectivity index (χ1n) is 14.8. The molecule has 5 atom stereocenters. The lowest BCUT2D eigenvalue weighted by Crippen LogP contribution is -2.50. The predicted molar refractivity (Wildman–Crippen MR) is 164 cm³/mol. The largest absolute Gasteiger partial charge is 0.491 e. The van der Waals surface area contributed by atoms with Gasteiger partial charge in [0, 0.05) is 53.1 Å². The number of carbonyl (C=O) groups is 1. The molecule has 1 fully saturated rings. The third kappa shape index (κ3) is 7.16. The number of nitrogens with zero attached hydrogens (tertiary/aromatic N) is 2. The molecule has 2 aromatic rings. The van der Waals surface area contributed by atoms with Gasteiger partial charge in [-0.2, -0.15) is 4.36 Å². The first-order valence-corrected chi connectivity index (χ1v) is 16.5. The molecule has 2 unspecified atom stereocenters. The Balaban J connectivity index is 1.62. The van der Waals surface area contributed by atoms with Crippen LogP contribution in [0.5, 0.6) is 5.75 Å². The maximum Gasteiger partial charge on any atom is 0.284 e. The van der Waals surface area contributed by atoms with E-state index in [1.807, 2.05) is 43.3 Å². The summed E-state index contributed by atoms with van der Waals surface area (Å²) < 4.78 is 23.1. The number of fused-ring (bicyclic) bond motifs is 3. The van der Waals surface area contributed by atoms with Gasteiger partial charge in [-0.15, -0.1) is 0 Å². The first-order chi connectivity index (χ1) is 19.8. The van der Waals surface area contributed by atoms with E-state index in [0.29, 0.717) is 42.5 Å². The molecular weight excluding hydrogens is 560 g/mol. The normalized spacial score (nSPS) is 30.3. The molecule has 7 nitrogen and oxygen atoms in total. The van der Waals surface area contributed by atoms with Crippen molar-refractivity contribution in [3.63, 3.8) is 0 Å². The van der Waals surface area contributed by atoms with E-state index < -0.39 is 22.1 Å². The zero-order valence-electron chi connectivity index (χ0n) is 23.7. The zero-order chi connectivity index (χ0) is 29.0. The number of anilines is 1. The van der Waals surface area contributed by atoms with Gasteiger partial charge in [0.15, 0.2) is 0 Å². The molecule has 0 saturated heterocycles. The number of hydrogen-bond donors (Lipinski definition) is 3. The van der Waals surface area contributed by atoms with Gasteiger partial charge < -0.3 is 19.8 Å². The molecule has 0 radical (unpaired) electrons. The van der Waals surface area contributed by atoms with Crippen molar-refractivity contribution in [2.75, 3.05) is 30.4 Å². The fourth-order valence-electron chi connectivity index (χ4n) is 6.40. The molecule has 5 rings (SSSR count). The summed E-state index contributed by atoms with van der Waals surface area (Å²) in [6, 6.07) is 11.4. The number of thiol groups is 1. The number of aryl methyl sites for hydroxylation is 1. The molecule has 2 bridgehead atoms. The van der Waals surface area contributed by atoms with Crippen molar-refractivity contribution in [3.05, 3.63) is 70.3 Å². The highest BCUT2D eigenvalue weighted by molar-refractivity contribution is 7.75.